The van der Waals surface area contributed by atoms with Gasteiger partial charge in [0.2, 0.25) is 0 Å². The molecule has 33 heavy (non-hydrogen) atoms. The molecule has 0 aliphatic rings. The monoisotopic (exact) mass is 462 g/mol. The number of fused-ring (bicyclic) bond motifs is 1. The first-order valence-corrected chi connectivity index (χ1v) is 11.1. The van der Waals surface area contributed by atoms with Gasteiger partial charge in [0.1, 0.15) is 6.33 Å². The molecule has 0 bridgehead atoms. The Labute approximate surface area is 195 Å². The zero-order chi connectivity index (χ0) is 23.5. The van der Waals surface area contributed by atoms with Crippen LogP contribution in [-0.4, -0.2) is 32.5 Å². The van der Waals surface area contributed by atoms with Gasteiger partial charge in [-0.25, -0.2) is 9.78 Å². The van der Waals surface area contributed by atoms with E-state index in [2.05, 4.69) is 10.3 Å². The van der Waals surface area contributed by atoms with Crippen molar-refractivity contribution in [1.82, 2.24) is 19.4 Å². The van der Waals surface area contributed by atoms with Crippen LogP contribution in [0.15, 0.2) is 65.8 Å². The molecule has 0 atom stereocenters. The zero-order valence-corrected chi connectivity index (χ0v) is 19.1. The fraction of sp³-hybridized carbons (Fsp3) is 0.200. The number of rotatable bonds is 6. The average Bonchev–Trinajstić information content (AvgIpc) is 3.29. The van der Waals surface area contributed by atoms with Crippen molar-refractivity contribution < 1.29 is 9.59 Å². The van der Waals surface area contributed by atoms with E-state index in [-0.39, 0.29) is 30.3 Å². The molecule has 0 unspecified atom stereocenters. The Kier molecular flexibility index (Phi) is 6.42. The van der Waals surface area contributed by atoms with Crippen molar-refractivity contribution in [3.8, 4) is 11.1 Å². The SMILES string of the molecule is CCNC(=O)n1cnc(Cn2c(C(=O)CC)c(-c3ccccc3)c3cc(Cl)ccc3c2=O)c1. The number of pyridine rings is 1. The van der Waals surface area contributed by atoms with Gasteiger partial charge in [-0.3, -0.25) is 18.7 Å². The lowest BCUT2D eigenvalue weighted by Gasteiger charge is -2.19. The van der Waals surface area contributed by atoms with Crippen LogP contribution in [0.1, 0.15) is 36.5 Å². The molecule has 1 amide bonds. The summed E-state index contributed by atoms with van der Waals surface area (Å²) in [6, 6.07) is 14.2. The number of nitrogens with zero attached hydrogens (tertiary/aromatic N) is 3. The molecule has 4 aromatic rings. The number of halogens is 1. The van der Waals surface area contributed by atoms with Crippen molar-refractivity contribution in [2.75, 3.05) is 6.54 Å². The Morgan fingerprint density at radius 1 is 1.06 bits per heavy atom. The van der Waals surface area contributed by atoms with Crippen LogP contribution in [0.2, 0.25) is 5.02 Å². The van der Waals surface area contributed by atoms with E-state index >= 15 is 0 Å². The van der Waals surface area contributed by atoms with Gasteiger partial charge < -0.3 is 5.32 Å². The molecule has 8 heteroatoms. The molecule has 0 saturated heterocycles. The Hall–Kier alpha value is -3.71. The van der Waals surface area contributed by atoms with Gasteiger partial charge in [-0.1, -0.05) is 48.9 Å². The topological polar surface area (TPSA) is 86.0 Å². The second-order valence-electron chi connectivity index (χ2n) is 7.56. The zero-order valence-electron chi connectivity index (χ0n) is 18.3. The van der Waals surface area contributed by atoms with E-state index in [0.29, 0.717) is 39.3 Å². The van der Waals surface area contributed by atoms with Crippen molar-refractivity contribution in [2.45, 2.75) is 26.8 Å². The van der Waals surface area contributed by atoms with E-state index in [1.54, 1.807) is 31.3 Å². The lowest BCUT2D eigenvalue weighted by molar-refractivity contribution is 0.0979. The first-order valence-electron chi connectivity index (χ1n) is 10.7. The van der Waals surface area contributed by atoms with Gasteiger partial charge in [0, 0.05) is 35.1 Å². The summed E-state index contributed by atoms with van der Waals surface area (Å²) in [5.74, 6) is -0.170. The van der Waals surface area contributed by atoms with Gasteiger partial charge >= 0.3 is 6.03 Å². The molecule has 0 fully saturated rings. The van der Waals surface area contributed by atoms with Crippen LogP contribution in [0, 0.1) is 0 Å². The third kappa shape index (κ3) is 4.32. The fourth-order valence-electron chi connectivity index (χ4n) is 3.89. The number of aromatic nitrogens is 3. The van der Waals surface area contributed by atoms with Gasteiger partial charge in [-0.2, -0.15) is 0 Å². The number of imidazole rings is 1. The minimum absolute atomic E-state index is 0.0463. The lowest BCUT2D eigenvalue weighted by Crippen LogP contribution is -2.28. The summed E-state index contributed by atoms with van der Waals surface area (Å²) in [7, 11) is 0. The van der Waals surface area contributed by atoms with E-state index in [0.717, 1.165) is 5.56 Å². The predicted octanol–water partition coefficient (Wildman–Crippen LogP) is 4.74. The van der Waals surface area contributed by atoms with Crippen molar-refractivity contribution in [3.05, 3.63) is 87.8 Å². The number of carbonyl (C=O) groups is 2. The van der Waals surface area contributed by atoms with Gasteiger partial charge in [0.25, 0.3) is 5.56 Å². The quantitative estimate of drug-likeness (QED) is 0.419. The predicted molar refractivity (Wildman–Crippen MR) is 129 cm³/mol. The van der Waals surface area contributed by atoms with Crippen LogP contribution >= 0.6 is 11.6 Å². The molecule has 0 aliphatic heterocycles. The molecule has 1 N–H and O–H groups in total. The van der Waals surface area contributed by atoms with Crippen LogP contribution in [0.4, 0.5) is 4.79 Å². The summed E-state index contributed by atoms with van der Waals surface area (Å²) in [6.45, 7) is 4.11. The first kappa shape index (κ1) is 22.5. The van der Waals surface area contributed by atoms with Crippen LogP contribution in [0.5, 0.6) is 0 Å². The van der Waals surface area contributed by atoms with Gasteiger partial charge in [-0.15, -0.1) is 0 Å². The second-order valence-corrected chi connectivity index (χ2v) is 7.99. The molecule has 7 nitrogen and oxygen atoms in total. The number of amides is 1. The lowest BCUT2D eigenvalue weighted by atomic mass is 9.94. The van der Waals surface area contributed by atoms with Crippen molar-refractivity contribution in [3.63, 3.8) is 0 Å². The molecule has 0 spiro atoms. The van der Waals surface area contributed by atoms with Gasteiger partial charge in [0.15, 0.2) is 5.78 Å². The molecule has 2 heterocycles. The van der Waals surface area contributed by atoms with Crippen molar-refractivity contribution in [1.29, 1.82) is 0 Å². The molecule has 0 aliphatic carbocycles. The average molecular weight is 463 g/mol. The molecular weight excluding hydrogens is 440 g/mol. The molecule has 2 aromatic heterocycles. The second kappa shape index (κ2) is 9.42. The largest absolute Gasteiger partial charge is 0.338 e. The third-order valence-corrected chi connectivity index (χ3v) is 5.63. The van der Waals surface area contributed by atoms with Crippen LogP contribution in [-0.2, 0) is 6.54 Å². The Balaban J connectivity index is 1.99. The third-order valence-electron chi connectivity index (χ3n) is 5.40. The molecule has 0 saturated carbocycles. The summed E-state index contributed by atoms with van der Waals surface area (Å²) in [5.41, 5.74) is 1.94. The molecule has 4 rings (SSSR count). The van der Waals surface area contributed by atoms with Crippen LogP contribution in [0.3, 0.4) is 0 Å². The Morgan fingerprint density at radius 2 is 1.82 bits per heavy atom. The number of Topliss-reactive ketones (excluding diaryl/α,β-unsaturated/α-hetero) is 1. The van der Waals surface area contributed by atoms with Crippen LogP contribution < -0.4 is 10.9 Å². The maximum atomic E-state index is 13.6. The minimum Gasteiger partial charge on any atom is -0.338 e. The summed E-state index contributed by atoms with van der Waals surface area (Å²) >= 11 is 6.28. The number of nitrogens with one attached hydrogen (secondary N) is 1. The maximum absolute atomic E-state index is 13.6. The van der Waals surface area contributed by atoms with E-state index in [9.17, 15) is 14.4 Å². The van der Waals surface area contributed by atoms with E-state index in [1.807, 2.05) is 37.3 Å². The Morgan fingerprint density at radius 3 is 2.52 bits per heavy atom. The number of carbonyl (C=O) groups excluding carboxylic acids is 2. The van der Waals surface area contributed by atoms with E-state index in [4.69, 9.17) is 11.6 Å². The Bertz CT molecular complexity index is 1410. The van der Waals surface area contributed by atoms with Crippen molar-refractivity contribution in [2.24, 2.45) is 0 Å². The standard InChI is InChI=1S/C25H23ClN4O3/c1-3-21(31)23-22(16-8-6-5-7-9-16)20-12-17(26)10-11-19(20)24(32)30(23)14-18-13-29(15-28-18)25(33)27-4-2/h5-13,15H,3-4,14H2,1-2H3,(H,27,33). The smallest absolute Gasteiger partial charge is 0.326 e. The molecule has 0 radical (unpaired) electrons. The molecule has 168 valence electrons. The fourth-order valence-corrected chi connectivity index (χ4v) is 4.06. The van der Waals surface area contributed by atoms with Gasteiger partial charge in [-0.05, 0) is 36.1 Å². The minimum atomic E-state index is -0.314. The molecular formula is C25H23ClN4O3. The summed E-state index contributed by atoms with van der Waals surface area (Å²) in [4.78, 5) is 43.2. The summed E-state index contributed by atoms with van der Waals surface area (Å²) in [6.07, 6.45) is 3.18. The number of hydrogen-bond acceptors (Lipinski definition) is 4. The van der Waals surface area contributed by atoms with E-state index in [1.165, 1.54) is 15.5 Å². The highest BCUT2D eigenvalue weighted by Gasteiger charge is 2.23. The highest BCUT2D eigenvalue weighted by Crippen LogP contribution is 2.33. The highest BCUT2D eigenvalue weighted by molar-refractivity contribution is 6.31. The molecule has 2 aromatic carbocycles. The van der Waals surface area contributed by atoms with Gasteiger partial charge in [0.05, 0.1) is 17.9 Å². The normalized spacial score (nSPS) is 11.0. The van der Waals surface area contributed by atoms with Crippen molar-refractivity contribution >= 4 is 34.2 Å². The number of benzene rings is 2. The maximum Gasteiger partial charge on any atom is 0.326 e. The summed E-state index contributed by atoms with van der Waals surface area (Å²) < 4.78 is 2.78. The highest BCUT2D eigenvalue weighted by atomic mass is 35.5. The first-order chi connectivity index (χ1) is 15.9. The number of ketones is 1. The summed E-state index contributed by atoms with van der Waals surface area (Å²) in [5, 5.41) is 4.25. The van der Waals surface area contributed by atoms with E-state index < -0.39 is 0 Å². The number of hydrogen-bond donors (Lipinski definition) is 1. The van der Waals surface area contributed by atoms with Crippen LogP contribution in [0.25, 0.3) is 21.9 Å².